The Labute approximate surface area is 202 Å². The van der Waals surface area contributed by atoms with Crippen LogP contribution in [0.4, 0.5) is 5.82 Å². The third-order valence-corrected chi connectivity index (χ3v) is 6.36. The summed E-state index contributed by atoms with van der Waals surface area (Å²) in [6.07, 6.45) is 1.83. The van der Waals surface area contributed by atoms with E-state index in [1.54, 1.807) is 20.8 Å². The molecule has 0 aromatic carbocycles. The number of ether oxygens (including phenoxy) is 2. The van der Waals surface area contributed by atoms with Crippen LogP contribution in [0.1, 0.15) is 44.9 Å². The molecular formula is C22H21N5O5S2. The number of anilines is 1. The molecule has 12 heteroatoms. The van der Waals surface area contributed by atoms with Crippen molar-refractivity contribution in [3.8, 4) is 10.7 Å². The fourth-order valence-corrected chi connectivity index (χ4v) is 4.62. The lowest BCUT2D eigenvalue weighted by molar-refractivity contribution is 0.0454. The van der Waals surface area contributed by atoms with Crippen LogP contribution < -0.4 is 5.73 Å². The molecule has 0 bridgehead atoms. The summed E-state index contributed by atoms with van der Waals surface area (Å²) in [5.74, 6) is -0.154. The summed E-state index contributed by atoms with van der Waals surface area (Å²) in [7, 11) is 0. The molecule has 0 fully saturated rings. The lowest BCUT2D eigenvalue weighted by Crippen LogP contribution is -2.13. The number of thioether (sulfide) groups is 1. The lowest BCUT2D eigenvalue weighted by atomic mass is 10.2. The first-order chi connectivity index (χ1) is 16.3. The molecule has 0 aliphatic carbocycles. The summed E-state index contributed by atoms with van der Waals surface area (Å²) in [4.78, 5) is 43.5. The molecule has 0 radical (unpaired) electrons. The van der Waals surface area contributed by atoms with E-state index in [1.165, 1.54) is 23.1 Å². The van der Waals surface area contributed by atoms with E-state index >= 15 is 0 Å². The highest BCUT2D eigenvalue weighted by Gasteiger charge is 2.25. The van der Waals surface area contributed by atoms with E-state index in [0.717, 1.165) is 4.88 Å². The minimum atomic E-state index is -0.607. The zero-order valence-corrected chi connectivity index (χ0v) is 20.5. The van der Waals surface area contributed by atoms with Gasteiger partial charge in [-0.1, -0.05) is 6.07 Å². The molecule has 0 unspecified atom stereocenters. The molecule has 0 amide bonds. The van der Waals surface area contributed by atoms with E-state index in [-0.39, 0.29) is 47.1 Å². The van der Waals surface area contributed by atoms with Crippen molar-refractivity contribution in [3.63, 3.8) is 0 Å². The number of esters is 2. The number of nitrogens with zero attached hydrogens (tertiary/aromatic N) is 4. The van der Waals surface area contributed by atoms with Crippen molar-refractivity contribution in [2.45, 2.75) is 32.4 Å². The maximum Gasteiger partial charge on any atom is 0.343 e. The van der Waals surface area contributed by atoms with E-state index in [9.17, 15) is 9.59 Å². The Kier molecular flexibility index (Phi) is 6.80. The van der Waals surface area contributed by atoms with Gasteiger partial charge in [-0.25, -0.2) is 24.5 Å². The number of thiophene rings is 1. The molecule has 0 aliphatic heterocycles. The fraction of sp³-hybridized carbons (Fsp3) is 0.273. The number of carbonyl (C=O) groups excluding carboxylic acids is 2. The number of aryl methyl sites for hydroxylation is 2. The largest absolute Gasteiger partial charge is 0.462 e. The van der Waals surface area contributed by atoms with Gasteiger partial charge in [0.2, 0.25) is 5.71 Å². The van der Waals surface area contributed by atoms with Crippen LogP contribution in [0.5, 0.6) is 0 Å². The maximum atomic E-state index is 12.9. The number of hydrogen-bond acceptors (Lipinski definition) is 12. The minimum absolute atomic E-state index is 0.0283. The molecule has 4 rings (SSSR count). The molecule has 0 spiro atoms. The van der Waals surface area contributed by atoms with E-state index in [0.29, 0.717) is 22.3 Å². The zero-order valence-electron chi connectivity index (χ0n) is 18.9. The Bertz CT molecular complexity index is 1380. The van der Waals surface area contributed by atoms with Gasteiger partial charge in [0, 0.05) is 0 Å². The molecule has 4 heterocycles. The van der Waals surface area contributed by atoms with Crippen molar-refractivity contribution in [2.24, 2.45) is 0 Å². The summed E-state index contributed by atoms with van der Waals surface area (Å²) in [5, 5.41) is 2.72. The van der Waals surface area contributed by atoms with Crippen LogP contribution in [0.3, 0.4) is 0 Å². The van der Waals surface area contributed by atoms with Crippen molar-refractivity contribution < 1.29 is 23.5 Å². The van der Waals surface area contributed by atoms with Gasteiger partial charge in [-0.05, 0) is 38.5 Å². The first-order valence-electron chi connectivity index (χ1n) is 10.2. The molecule has 0 saturated carbocycles. The summed E-state index contributed by atoms with van der Waals surface area (Å²) in [6.45, 7) is 4.99. The molecular weight excluding hydrogens is 478 g/mol. The van der Waals surface area contributed by atoms with E-state index in [4.69, 9.17) is 19.6 Å². The highest BCUT2D eigenvalue weighted by molar-refractivity contribution is 7.98. The van der Waals surface area contributed by atoms with Crippen LogP contribution in [-0.4, -0.2) is 44.7 Å². The molecule has 4 aromatic heterocycles. The van der Waals surface area contributed by atoms with Gasteiger partial charge < -0.3 is 19.6 Å². The van der Waals surface area contributed by atoms with Gasteiger partial charge in [-0.15, -0.1) is 23.1 Å². The second kappa shape index (κ2) is 9.77. The van der Waals surface area contributed by atoms with Gasteiger partial charge in [0.05, 0.1) is 22.6 Å². The Balaban J connectivity index is 1.59. The number of hydrogen-bond donors (Lipinski definition) is 1. The summed E-state index contributed by atoms with van der Waals surface area (Å²) in [6, 6.07) is 3.83. The third kappa shape index (κ3) is 4.46. The van der Waals surface area contributed by atoms with Gasteiger partial charge in [0.25, 0.3) is 0 Å². The Morgan fingerprint density at radius 1 is 1.12 bits per heavy atom. The zero-order chi connectivity index (χ0) is 24.4. The molecule has 176 valence electrons. The number of fused-ring (bicyclic) bond motifs is 1. The standard InChI is InChI=1S/C22H21N5O5S2/c1-5-30-22(29)15-11(3)32-19-16(15)17(23)25-13(26-19)9-31-21(28)14-10(2)24-18(27-20(14)33-4)12-7-6-8-34-12/h6-8H,5,9H2,1-4H3,(H2,23,25,26). The molecule has 34 heavy (non-hydrogen) atoms. The number of nitrogen functional groups attached to an aromatic ring is 1. The predicted molar refractivity (Wildman–Crippen MR) is 128 cm³/mol. The minimum Gasteiger partial charge on any atom is -0.462 e. The second-order valence-electron chi connectivity index (χ2n) is 7.03. The molecule has 0 atom stereocenters. The number of aromatic nitrogens is 4. The van der Waals surface area contributed by atoms with Crippen molar-refractivity contribution in [3.05, 3.63) is 45.9 Å². The molecule has 10 nitrogen and oxygen atoms in total. The van der Waals surface area contributed by atoms with Gasteiger partial charge in [0.15, 0.2) is 18.3 Å². The molecule has 0 saturated heterocycles. The van der Waals surface area contributed by atoms with Crippen molar-refractivity contribution in [1.29, 1.82) is 0 Å². The van der Waals surface area contributed by atoms with Crippen molar-refractivity contribution in [1.82, 2.24) is 19.9 Å². The normalized spacial score (nSPS) is 11.1. The molecule has 2 N–H and O–H groups in total. The topological polar surface area (TPSA) is 143 Å². The first kappa shape index (κ1) is 23.6. The Hall–Kier alpha value is -3.51. The van der Waals surface area contributed by atoms with Crippen LogP contribution in [0.2, 0.25) is 0 Å². The average molecular weight is 500 g/mol. The van der Waals surface area contributed by atoms with E-state index in [1.807, 2.05) is 23.8 Å². The quantitative estimate of drug-likeness (QED) is 0.222. The van der Waals surface area contributed by atoms with Crippen LogP contribution in [0.15, 0.2) is 27.0 Å². The lowest BCUT2D eigenvalue weighted by Gasteiger charge is -2.11. The van der Waals surface area contributed by atoms with Crippen LogP contribution in [-0.2, 0) is 16.1 Å². The highest BCUT2D eigenvalue weighted by atomic mass is 32.2. The molecule has 4 aromatic rings. The first-order valence-corrected chi connectivity index (χ1v) is 12.3. The number of carbonyl (C=O) groups is 2. The summed E-state index contributed by atoms with van der Waals surface area (Å²) >= 11 is 2.85. The third-order valence-electron chi connectivity index (χ3n) is 4.81. The average Bonchev–Trinajstić information content (AvgIpc) is 3.45. The van der Waals surface area contributed by atoms with Crippen molar-refractivity contribution >= 4 is 52.0 Å². The van der Waals surface area contributed by atoms with Gasteiger partial charge in [-0.3, -0.25) is 0 Å². The smallest absolute Gasteiger partial charge is 0.343 e. The number of furan rings is 1. The van der Waals surface area contributed by atoms with Gasteiger partial charge >= 0.3 is 11.9 Å². The van der Waals surface area contributed by atoms with Crippen LogP contribution >= 0.6 is 23.1 Å². The van der Waals surface area contributed by atoms with Crippen LogP contribution in [0, 0.1) is 13.8 Å². The van der Waals surface area contributed by atoms with Crippen LogP contribution in [0.25, 0.3) is 21.8 Å². The van der Waals surface area contributed by atoms with Crippen molar-refractivity contribution in [2.75, 3.05) is 18.6 Å². The van der Waals surface area contributed by atoms with Gasteiger partial charge in [0.1, 0.15) is 27.7 Å². The number of rotatable bonds is 7. The van der Waals surface area contributed by atoms with Gasteiger partial charge in [-0.2, -0.15) is 4.98 Å². The van der Waals surface area contributed by atoms with E-state index < -0.39 is 11.9 Å². The predicted octanol–water partition coefficient (Wildman–Crippen LogP) is 4.20. The maximum absolute atomic E-state index is 12.9. The highest BCUT2D eigenvalue weighted by Crippen LogP contribution is 2.30. The van der Waals surface area contributed by atoms with E-state index in [2.05, 4.69) is 19.9 Å². The monoisotopic (exact) mass is 499 g/mol. The number of nitrogens with two attached hydrogens (primary N) is 1. The SMILES string of the molecule is CCOC(=O)c1c(C)oc2nc(COC(=O)c3c(C)nc(-c4cccs4)nc3SC)nc(N)c12. The summed E-state index contributed by atoms with van der Waals surface area (Å²) in [5.41, 5.74) is 7.15. The fourth-order valence-electron chi connectivity index (χ4n) is 3.34. The summed E-state index contributed by atoms with van der Waals surface area (Å²) < 4.78 is 16.1. The Morgan fingerprint density at radius 2 is 1.88 bits per heavy atom. The molecule has 0 aliphatic rings. The Morgan fingerprint density at radius 3 is 2.56 bits per heavy atom. The second-order valence-corrected chi connectivity index (χ2v) is 8.77.